The molecule has 0 aliphatic heterocycles. The van der Waals surface area contributed by atoms with Crippen LogP contribution in [0.25, 0.3) is 0 Å². The average Bonchev–Trinajstić information content (AvgIpc) is 1.82. The first-order valence-corrected chi connectivity index (χ1v) is 4.05. The van der Waals surface area contributed by atoms with Crippen LogP contribution in [-0.2, 0) is 0 Å². The van der Waals surface area contributed by atoms with Gasteiger partial charge in [0.1, 0.15) is 0 Å². The molecule has 0 unspecified atom stereocenters. The molecule has 2 atom stereocenters. The van der Waals surface area contributed by atoms with Gasteiger partial charge < -0.3 is 10.8 Å². The Morgan fingerprint density at radius 2 is 1.57 bits per heavy atom. The maximum Gasteiger partial charge on any atom is 0.414 e. The predicted octanol–water partition coefficient (Wildman–Crippen LogP) is 2.09. The van der Waals surface area contributed by atoms with Crippen molar-refractivity contribution in [3.05, 3.63) is 0 Å². The molecule has 88 valence electrons. The molecule has 0 aromatic heterocycles. The molecular weight excluding hydrogens is 219 g/mol. The lowest BCUT2D eigenvalue weighted by molar-refractivity contribution is -0.207. The fraction of sp³-hybridized carbons (Fsp3) is 1.00. The zero-order valence-electron chi connectivity index (χ0n) is 8.43. The Morgan fingerprint density at radius 3 is 1.79 bits per heavy atom. The number of alkyl halides is 3. The first-order valence-electron chi connectivity index (χ1n) is 4.05. The molecule has 0 radical (unpaired) electrons. The molecule has 0 aromatic rings. The third-order valence-corrected chi connectivity index (χ3v) is 1.97. The van der Waals surface area contributed by atoms with E-state index in [-0.39, 0.29) is 12.4 Å². The standard InChI is InChI=1S/C8H16F3NO.ClH/c1-7(2,3)5(12)4-6(13)8(9,10)11;/h5-6,13H,4,12H2,1-3H3;1H/t5-,6+;/m0./s1. The SMILES string of the molecule is CC(C)(C)[C@@H](N)C[C@@H](O)C(F)(F)F.Cl. The van der Waals surface area contributed by atoms with E-state index in [4.69, 9.17) is 10.8 Å². The highest BCUT2D eigenvalue weighted by atomic mass is 35.5. The third kappa shape index (κ3) is 5.67. The molecule has 0 bridgehead atoms. The van der Waals surface area contributed by atoms with Crippen LogP contribution in [0.3, 0.4) is 0 Å². The predicted molar refractivity (Wildman–Crippen MR) is 51.4 cm³/mol. The Labute approximate surface area is 88.1 Å². The molecule has 0 saturated carbocycles. The highest BCUT2D eigenvalue weighted by Gasteiger charge is 2.40. The largest absolute Gasteiger partial charge is 0.414 e. The van der Waals surface area contributed by atoms with E-state index in [0.29, 0.717) is 0 Å². The van der Waals surface area contributed by atoms with Crippen molar-refractivity contribution in [2.24, 2.45) is 11.1 Å². The van der Waals surface area contributed by atoms with E-state index < -0.39 is 30.2 Å². The zero-order valence-corrected chi connectivity index (χ0v) is 9.25. The summed E-state index contributed by atoms with van der Waals surface area (Å²) in [5.41, 5.74) is 5.06. The summed E-state index contributed by atoms with van der Waals surface area (Å²) in [6.07, 6.45) is -7.34. The maximum atomic E-state index is 11.9. The molecule has 0 spiro atoms. The Morgan fingerprint density at radius 1 is 1.21 bits per heavy atom. The monoisotopic (exact) mass is 235 g/mol. The third-order valence-electron chi connectivity index (χ3n) is 1.97. The summed E-state index contributed by atoms with van der Waals surface area (Å²) in [5.74, 6) is 0. The van der Waals surface area contributed by atoms with Gasteiger partial charge in [0.25, 0.3) is 0 Å². The van der Waals surface area contributed by atoms with E-state index in [1.54, 1.807) is 20.8 Å². The Kier molecular flexibility index (Phi) is 6.09. The molecular formula is C8H17ClF3NO. The molecule has 6 heteroatoms. The van der Waals surface area contributed by atoms with Crippen LogP contribution in [0.4, 0.5) is 13.2 Å². The van der Waals surface area contributed by atoms with Crippen LogP contribution in [-0.4, -0.2) is 23.4 Å². The summed E-state index contributed by atoms with van der Waals surface area (Å²) < 4.78 is 35.7. The topological polar surface area (TPSA) is 46.2 Å². The van der Waals surface area contributed by atoms with Gasteiger partial charge in [0.2, 0.25) is 0 Å². The van der Waals surface area contributed by atoms with E-state index in [2.05, 4.69) is 0 Å². The van der Waals surface area contributed by atoms with Crippen LogP contribution < -0.4 is 5.73 Å². The van der Waals surface area contributed by atoms with Crippen LogP contribution in [0, 0.1) is 5.41 Å². The first kappa shape index (κ1) is 16.4. The van der Waals surface area contributed by atoms with Crippen molar-refractivity contribution in [2.75, 3.05) is 0 Å². The quantitative estimate of drug-likeness (QED) is 0.770. The van der Waals surface area contributed by atoms with Gasteiger partial charge in [-0.2, -0.15) is 13.2 Å². The highest BCUT2D eigenvalue weighted by molar-refractivity contribution is 5.85. The molecule has 0 amide bonds. The second-order valence-corrected chi connectivity index (χ2v) is 4.27. The Hall–Kier alpha value is -0.0000000000000000555. The lowest BCUT2D eigenvalue weighted by atomic mass is 9.84. The highest BCUT2D eigenvalue weighted by Crippen LogP contribution is 2.27. The summed E-state index contributed by atoms with van der Waals surface area (Å²) in [5, 5.41) is 8.71. The summed E-state index contributed by atoms with van der Waals surface area (Å²) in [7, 11) is 0. The van der Waals surface area contributed by atoms with Gasteiger partial charge in [-0.05, 0) is 11.8 Å². The van der Waals surface area contributed by atoms with E-state index in [0.717, 1.165) is 0 Å². The minimum atomic E-state index is -4.57. The molecule has 0 saturated heterocycles. The Balaban J connectivity index is 0. The molecule has 2 nitrogen and oxygen atoms in total. The van der Waals surface area contributed by atoms with E-state index >= 15 is 0 Å². The second kappa shape index (κ2) is 5.19. The molecule has 3 N–H and O–H groups in total. The van der Waals surface area contributed by atoms with Gasteiger partial charge in [0, 0.05) is 6.04 Å². The number of hydrogen-bond donors (Lipinski definition) is 2. The van der Waals surface area contributed by atoms with E-state index in [1.165, 1.54) is 0 Å². The molecule has 0 fully saturated rings. The first-order chi connectivity index (χ1) is 5.55. The van der Waals surface area contributed by atoms with Crippen molar-refractivity contribution in [1.82, 2.24) is 0 Å². The maximum absolute atomic E-state index is 11.9. The van der Waals surface area contributed by atoms with Gasteiger partial charge in [0.15, 0.2) is 6.10 Å². The van der Waals surface area contributed by atoms with Crippen LogP contribution >= 0.6 is 12.4 Å². The number of nitrogens with two attached hydrogens (primary N) is 1. The molecule has 14 heavy (non-hydrogen) atoms. The minimum absolute atomic E-state index is 0. The fourth-order valence-electron chi connectivity index (χ4n) is 0.728. The van der Waals surface area contributed by atoms with Gasteiger partial charge in [0.05, 0.1) is 0 Å². The van der Waals surface area contributed by atoms with Gasteiger partial charge >= 0.3 is 6.18 Å². The Bertz CT molecular complexity index is 149. The van der Waals surface area contributed by atoms with Crippen molar-refractivity contribution >= 4 is 12.4 Å². The lowest BCUT2D eigenvalue weighted by Gasteiger charge is -2.29. The zero-order chi connectivity index (χ0) is 10.9. The lowest BCUT2D eigenvalue weighted by Crippen LogP contribution is -2.42. The van der Waals surface area contributed by atoms with Crippen LogP contribution in [0.1, 0.15) is 27.2 Å². The summed E-state index contributed by atoms with van der Waals surface area (Å²) in [4.78, 5) is 0. The molecule has 0 heterocycles. The van der Waals surface area contributed by atoms with Crippen LogP contribution in [0.15, 0.2) is 0 Å². The van der Waals surface area contributed by atoms with Gasteiger partial charge in [-0.15, -0.1) is 12.4 Å². The summed E-state index contributed by atoms with van der Waals surface area (Å²) in [6.45, 7) is 5.21. The van der Waals surface area contributed by atoms with Crippen LogP contribution in [0.2, 0.25) is 0 Å². The second-order valence-electron chi connectivity index (χ2n) is 4.27. The number of rotatable bonds is 2. The molecule has 0 aliphatic carbocycles. The van der Waals surface area contributed by atoms with Crippen molar-refractivity contribution in [1.29, 1.82) is 0 Å². The molecule has 0 rings (SSSR count). The van der Waals surface area contributed by atoms with E-state index in [1.807, 2.05) is 0 Å². The number of aliphatic hydroxyl groups is 1. The van der Waals surface area contributed by atoms with Gasteiger partial charge in [-0.3, -0.25) is 0 Å². The number of halogens is 4. The summed E-state index contributed by atoms with van der Waals surface area (Å²) in [6, 6.07) is -0.663. The van der Waals surface area contributed by atoms with Gasteiger partial charge in [-0.1, -0.05) is 20.8 Å². The van der Waals surface area contributed by atoms with Crippen molar-refractivity contribution < 1.29 is 18.3 Å². The van der Waals surface area contributed by atoms with Crippen molar-refractivity contribution in [3.63, 3.8) is 0 Å². The molecule has 0 aromatic carbocycles. The van der Waals surface area contributed by atoms with E-state index in [9.17, 15) is 13.2 Å². The normalized spacial score (nSPS) is 17.1. The smallest absolute Gasteiger partial charge is 0.384 e. The van der Waals surface area contributed by atoms with Crippen LogP contribution in [0.5, 0.6) is 0 Å². The average molecular weight is 236 g/mol. The summed E-state index contributed by atoms with van der Waals surface area (Å²) >= 11 is 0. The number of aliphatic hydroxyl groups excluding tert-OH is 1. The van der Waals surface area contributed by atoms with Crippen molar-refractivity contribution in [3.8, 4) is 0 Å². The fourth-order valence-corrected chi connectivity index (χ4v) is 0.728. The minimum Gasteiger partial charge on any atom is -0.384 e. The van der Waals surface area contributed by atoms with Gasteiger partial charge in [-0.25, -0.2) is 0 Å². The molecule has 0 aliphatic rings. The number of hydrogen-bond acceptors (Lipinski definition) is 2. The van der Waals surface area contributed by atoms with Crippen molar-refractivity contribution in [2.45, 2.75) is 45.5 Å².